The second-order valence-corrected chi connectivity index (χ2v) is 5.05. The van der Waals surface area contributed by atoms with Gasteiger partial charge < -0.3 is 4.98 Å². The van der Waals surface area contributed by atoms with Gasteiger partial charge in [-0.3, -0.25) is 5.10 Å². The molecule has 0 atom stereocenters. The minimum Gasteiger partial charge on any atom is -0.332 e. The number of hydrogen-bond donors (Lipinski definition) is 3. The summed E-state index contributed by atoms with van der Waals surface area (Å²) in [6.07, 6.45) is 1.90. The van der Waals surface area contributed by atoms with E-state index >= 15 is 0 Å². The molecule has 2 aromatic rings. The lowest BCUT2D eigenvalue weighted by Crippen LogP contribution is -2.14. The van der Waals surface area contributed by atoms with E-state index in [9.17, 15) is 8.42 Å². The number of rotatable bonds is 4. The summed E-state index contributed by atoms with van der Waals surface area (Å²) < 4.78 is 26.0. The molecule has 0 fully saturated rings. The van der Waals surface area contributed by atoms with E-state index < -0.39 is 10.0 Å². The fraction of sp³-hybridized carbons (Fsp3) is 0.375. The third-order valence-corrected chi connectivity index (χ3v) is 3.29. The van der Waals surface area contributed by atoms with Crippen LogP contribution in [-0.2, 0) is 16.4 Å². The molecule has 17 heavy (non-hydrogen) atoms. The molecule has 2 aromatic heterocycles. The molecule has 0 aliphatic heterocycles. The lowest BCUT2D eigenvalue weighted by molar-refractivity contribution is 0.597. The van der Waals surface area contributed by atoms with Crippen LogP contribution in [0.1, 0.15) is 18.6 Å². The molecule has 9 heteroatoms. The summed E-state index contributed by atoms with van der Waals surface area (Å²) in [6.45, 7) is 3.55. The first-order valence-electron chi connectivity index (χ1n) is 4.97. The van der Waals surface area contributed by atoms with Gasteiger partial charge in [-0.25, -0.2) is 9.71 Å². The number of nitrogens with one attached hydrogen (secondary N) is 3. The predicted octanol–water partition coefficient (Wildman–Crippen LogP) is 0.199. The van der Waals surface area contributed by atoms with Crippen molar-refractivity contribution in [3.05, 3.63) is 17.8 Å². The molecular weight excluding hydrogens is 244 g/mol. The zero-order valence-electron chi connectivity index (χ0n) is 9.35. The van der Waals surface area contributed by atoms with Crippen LogP contribution in [0.2, 0.25) is 0 Å². The van der Waals surface area contributed by atoms with Crippen LogP contribution in [0.3, 0.4) is 0 Å². The minimum atomic E-state index is -3.70. The Labute approximate surface area is 97.9 Å². The molecule has 0 radical (unpaired) electrons. The number of hydrogen-bond acceptors (Lipinski definition) is 5. The second-order valence-electron chi connectivity index (χ2n) is 3.40. The van der Waals surface area contributed by atoms with Crippen molar-refractivity contribution in [2.75, 3.05) is 4.72 Å². The summed E-state index contributed by atoms with van der Waals surface area (Å²) in [5.74, 6) is 1.15. The average molecular weight is 256 g/mol. The highest BCUT2D eigenvalue weighted by Crippen LogP contribution is 2.10. The summed E-state index contributed by atoms with van der Waals surface area (Å²) in [4.78, 5) is 10.5. The van der Waals surface area contributed by atoms with E-state index in [0.717, 1.165) is 0 Å². The van der Waals surface area contributed by atoms with Crippen molar-refractivity contribution in [1.29, 1.82) is 0 Å². The van der Waals surface area contributed by atoms with Gasteiger partial charge in [0.2, 0.25) is 0 Å². The molecule has 2 rings (SSSR count). The van der Waals surface area contributed by atoms with Crippen molar-refractivity contribution in [2.45, 2.75) is 25.3 Å². The molecule has 0 saturated heterocycles. The first-order valence-corrected chi connectivity index (χ1v) is 6.45. The predicted molar refractivity (Wildman–Crippen MR) is 59.9 cm³/mol. The van der Waals surface area contributed by atoms with Crippen LogP contribution in [0, 0.1) is 6.92 Å². The van der Waals surface area contributed by atoms with Gasteiger partial charge in [0, 0.05) is 6.42 Å². The van der Waals surface area contributed by atoms with Gasteiger partial charge in [0.25, 0.3) is 16.0 Å². The standard InChI is InChI=1S/C8H12N6O2S/c1-3-6-9-4-7(11-6)17(15,16)14-8-10-5(2)12-13-8/h4H,3H2,1-2H3,(H,9,11)(H2,10,12,13,14). The number of anilines is 1. The Morgan fingerprint density at radius 3 is 2.76 bits per heavy atom. The molecule has 0 spiro atoms. The Kier molecular flexibility index (Phi) is 2.84. The first kappa shape index (κ1) is 11.6. The quantitative estimate of drug-likeness (QED) is 0.722. The second kappa shape index (κ2) is 4.17. The normalized spacial score (nSPS) is 11.6. The molecule has 0 aromatic carbocycles. The maximum Gasteiger partial charge on any atom is 0.281 e. The average Bonchev–Trinajstić information content (AvgIpc) is 2.86. The Bertz CT molecular complexity index is 614. The van der Waals surface area contributed by atoms with E-state index in [1.165, 1.54) is 6.20 Å². The van der Waals surface area contributed by atoms with Crippen molar-refractivity contribution in [3.63, 3.8) is 0 Å². The lowest BCUT2D eigenvalue weighted by atomic mass is 10.5. The van der Waals surface area contributed by atoms with Gasteiger partial charge in [-0.1, -0.05) is 6.92 Å². The highest BCUT2D eigenvalue weighted by molar-refractivity contribution is 7.92. The molecule has 0 bridgehead atoms. The number of H-pyrrole nitrogens is 2. The SMILES string of the molecule is CCc1ncc(S(=O)(=O)Nc2n[nH]c(C)n2)[nH]1. The highest BCUT2D eigenvalue weighted by atomic mass is 32.2. The molecule has 0 saturated carbocycles. The molecule has 0 amide bonds. The molecule has 0 aliphatic rings. The van der Waals surface area contributed by atoms with E-state index in [0.29, 0.717) is 18.1 Å². The molecule has 0 aliphatic carbocycles. The van der Waals surface area contributed by atoms with Crippen molar-refractivity contribution in [2.24, 2.45) is 0 Å². The van der Waals surface area contributed by atoms with Gasteiger partial charge in [0.1, 0.15) is 11.6 Å². The van der Waals surface area contributed by atoms with Gasteiger partial charge in [-0.05, 0) is 6.92 Å². The molecule has 0 unspecified atom stereocenters. The fourth-order valence-electron chi connectivity index (χ4n) is 1.22. The number of nitrogens with zero attached hydrogens (tertiary/aromatic N) is 3. The van der Waals surface area contributed by atoms with Gasteiger partial charge >= 0.3 is 0 Å². The highest BCUT2D eigenvalue weighted by Gasteiger charge is 2.18. The molecule has 2 heterocycles. The summed E-state index contributed by atoms with van der Waals surface area (Å²) in [7, 11) is -3.70. The first-order chi connectivity index (χ1) is 8.01. The Morgan fingerprint density at radius 2 is 2.24 bits per heavy atom. The van der Waals surface area contributed by atoms with Crippen LogP contribution >= 0.6 is 0 Å². The van der Waals surface area contributed by atoms with Crippen molar-refractivity contribution >= 4 is 16.0 Å². The van der Waals surface area contributed by atoms with Crippen LogP contribution in [-0.4, -0.2) is 33.6 Å². The van der Waals surface area contributed by atoms with E-state index in [2.05, 4.69) is 29.9 Å². The fourth-order valence-corrected chi connectivity index (χ4v) is 2.11. The zero-order valence-corrected chi connectivity index (χ0v) is 10.2. The smallest absolute Gasteiger partial charge is 0.281 e. The number of aryl methyl sites for hydroxylation is 2. The van der Waals surface area contributed by atoms with E-state index in [-0.39, 0.29) is 11.0 Å². The number of sulfonamides is 1. The summed E-state index contributed by atoms with van der Waals surface area (Å²) in [6, 6.07) is 0. The van der Waals surface area contributed by atoms with E-state index in [1.54, 1.807) is 6.92 Å². The summed E-state index contributed by atoms with van der Waals surface area (Å²) >= 11 is 0. The van der Waals surface area contributed by atoms with Gasteiger partial charge in [-0.2, -0.15) is 13.4 Å². The lowest BCUT2D eigenvalue weighted by Gasteiger charge is -2.00. The largest absolute Gasteiger partial charge is 0.332 e. The van der Waals surface area contributed by atoms with E-state index in [1.807, 2.05) is 6.92 Å². The Morgan fingerprint density at radius 1 is 1.47 bits per heavy atom. The van der Waals surface area contributed by atoms with Crippen molar-refractivity contribution in [3.8, 4) is 0 Å². The topological polar surface area (TPSA) is 116 Å². The Balaban J connectivity index is 2.24. The van der Waals surface area contributed by atoms with Crippen LogP contribution in [0.25, 0.3) is 0 Å². The molecule has 8 nitrogen and oxygen atoms in total. The van der Waals surface area contributed by atoms with Gasteiger partial charge in [0.05, 0.1) is 6.20 Å². The third kappa shape index (κ3) is 2.44. The van der Waals surface area contributed by atoms with E-state index in [4.69, 9.17) is 0 Å². The van der Waals surface area contributed by atoms with Crippen molar-refractivity contribution < 1.29 is 8.42 Å². The van der Waals surface area contributed by atoms with Gasteiger partial charge in [0.15, 0.2) is 5.03 Å². The van der Waals surface area contributed by atoms with Crippen LogP contribution in [0.4, 0.5) is 5.95 Å². The maximum atomic E-state index is 11.9. The van der Waals surface area contributed by atoms with Crippen LogP contribution < -0.4 is 4.72 Å². The Hall–Kier alpha value is -1.90. The third-order valence-electron chi connectivity index (χ3n) is 2.05. The van der Waals surface area contributed by atoms with Gasteiger partial charge in [-0.15, -0.1) is 5.10 Å². The number of imidazole rings is 1. The summed E-state index contributed by atoms with van der Waals surface area (Å²) in [5.41, 5.74) is 0. The number of aromatic nitrogens is 5. The maximum absolute atomic E-state index is 11.9. The molecular formula is C8H12N6O2S. The van der Waals surface area contributed by atoms with Crippen molar-refractivity contribution in [1.82, 2.24) is 25.1 Å². The molecule has 3 N–H and O–H groups in total. The van der Waals surface area contributed by atoms with Crippen LogP contribution in [0.15, 0.2) is 11.2 Å². The van der Waals surface area contributed by atoms with Crippen LogP contribution in [0.5, 0.6) is 0 Å². The monoisotopic (exact) mass is 256 g/mol. The minimum absolute atomic E-state index is 0.00296. The molecule has 92 valence electrons. The zero-order chi connectivity index (χ0) is 12.5. The number of aromatic amines is 2. The summed E-state index contributed by atoms with van der Waals surface area (Å²) in [5, 5.41) is 6.23.